The molecule has 0 radical (unpaired) electrons. The lowest BCUT2D eigenvalue weighted by atomic mass is 9.89. The molecule has 2 bridgehead atoms. The third-order valence-corrected chi connectivity index (χ3v) is 6.65. The molecule has 158 valence electrons. The molecule has 0 saturated carbocycles. The van der Waals surface area contributed by atoms with Crippen molar-refractivity contribution in [3.63, 3.8) is 0 Å². The van der Waals surface area contributed by atoms with Gasteiger partial charge in [-0.05, 0) is 62.5 Å². The summed E-state index contributed by atoms with van der Waals surface area (Å²) in [6.45, 7) is 5.38. The quantitative estimate of drug-likeness (QED) is 0.749. The predicted molar refractivity (Wildman–Crippen MR) is 119 cm³/mol. The summed E-state index contributed by atoms with van der Waals surface area (Å²) < 4.78 is 0. The molecule has 3 heterocycles. The maximum atomic E-state index is 12.5. The molecule has 4 rings (SSSR count). The van der Waals surface area contributed by atoms with Crippen LogP contribution in [0.25, 0.3) is 0 Å². The van der Waals surface area contributed by atoms with Gasteiger partial charge in [0.25, 0.3) is 0 Å². The monoisotopic (exact) mass is 427 g/mol. The van der Waals surface area contributed by atoms with E-state index >= 15 is 0 Å². The Balaban J connectivity index is 0.00000140. The fourth-order valence-electron chi connectivity index (χ4n) is 5.15. The maximum absolute atomic E-state index is 12.5. The molecule has 3 fully saturated rings. The lowest BCUT2D eigenvalue weighted by Crippen LogP contribution is -2.45. The van der Waals surface area contributed by atoms with Crippen LogP contribution in [0, 0.1) is 12.8 Å². The van der Waals surface area contributed by atoms with Crippen molar-refractivity contribution in [2.24, 2.45) is 5.92 Å². The number of rotatable bonds is 5. The van der Waals surface area contributed by atoms with Crippen molar-refractivity contribution in [3.8, 4) is 0 Å². The average molecular weight is 428 g/mol. The van der Waals surface area contributed by atoms with E-state index in [1.807, 2.05) is 0 Å². The van der Waals surface area contributed by atoms with Crippen LogP contribution in [0.2, 0.25) is 0 Å². The van der Waals surface area contributed by atoms with Gasteiger partial charge in [0.1, 0.15) is 0 Å². The number of fused-ring (bicyclic) bond motifs is 2. The van der Waals surface area contributed by atoms with Crippen molar-refractivity contribution < 1.29 is 4.79 Å². The van der Waals surface area contributed by atoms with Crippen LogP contribution in [-0.2, 0) is 11.3 Å². The van der Waals surface area contributed by atoms with Crippen molar-refractivity contribution >= 4 is 30.7 Å². The van der Waals surface area contributed by atoms with Gasteiger partial charge in [-0.3, -0.25) is 9.69 Å². The van der Waals surface area contributed by atoms with Crippen molar-refractivity contribution in [2.75, 3.05) is 13.1 Å². The van der Waals surface area contributed by atoms with Crippen molar-refractivity contribution in [2.45, 2.75) is 76.5 Å². The highest BCUT2D eigenvalue weighted by Gasteiger charge is 2.34. The molecular formula is C22H35Cl2N3O. The molecule has 6 heteroatoms. The zero-order valence-corrected chi connectivity index (χ0v) is 18.5. The van der Waals surface area contributed by atoms with E-state index in [1.165, 1.54) is 36.8 Å². The summed E-state index contributed by atoms with van der Waals surface area (Å²) in [6, 6.07) is 10.4. The molecule has 2 N–H and O–H groups in total. The van der Waals surface area contributed by atoms with Crippen LogP contribution in [0.5, 0.6) is 0 Å². The predicted octanol–water partition coefficient (Wildman–Crippen LogP) is 3.84. The van der Waals surface area contributed by atoms with E-state index in [4.69, 9.17) is 0 Å². The first kappa shape index (κ1) is 23.5. The SMILES string of the molecule is Cc1ccccc1CN1CCC(NC(=O)CC2CC3CCC(C2)N3)CC1.Cl.Cl. The van der Waals surface area contributed by atoms with E-state index in [-0.39, 0.29) is 30.7 Å². The number of piperidine rings is 2. The van der Waals surface area contributed by atoms with E-state index in [9.17, 15) is 4.79 Å². The van der Waals surface area contributed by atoms with Gasteiger partial charge in [0, 0.05) is 44.2 Å². The van der Waals surface area contributed by atoms with Crippen LogP contribution in [0.3, 0.4) is 0 Å². The number of carbonyl (C=O) groups excluding carboxylic acids is 1. The maximum Gasteiger partial charge on any atom is 0.220 e. The topological polar surface area (TPSA) is 44.4 Å². The lowest BCUT2D eigenvalue weighted by molar-refractivity contribution is -0.123. The molecule has 3 saturated heterocycles. The number of nitrogens with one attached hydrogen (secondary N) is 2. The highest BCUT2D eigenvalue weighted by molar-refractivity contribution is 5.85. The fraction of sp³-hybridized carbons (Fsp3) is 0.682. The third kappa shape index (κ3) is 6.09. The van der Waals surface area contributed by atoms with Crippen molar-refractivity contribution in [3.05, 3.63) is 35.4 Å². The second-order valence-corrected chi connectivity index (χ2v) is 8.72. The Morgan fingerprint density at radius 3 is 2.36 bits per heavy atom. The molecule has 1 amide bonds. The second kappa shape index (κ2) is 10.8. The Morgan fingerprint density at radius 1 is 1.07 bits per heavy atom. The van der Waals surface area contributed by atoms with Gasteiger partial charge in [0.05, 0.1) is 0 Å². The van der Waals surface area contributed by atoms with Crippen LogP contribution < -0.4 is 10.6 Å². The van der Waals surface area contributed by atoms with Crippen LogP contribution in [0.15, 0.2) is 24.3 Å². The third-order valence-electron chi connectivity index (χ3n) is 6.65. The van der Waals surface area contributed by atoms with Gasteiger partial charge in [-0.15, -0.1) is 24.8 Å². The minimum Gasteiger partial charge on any atom is -0.353 e. The molecule has 1 aromatic carbocycles. The summed E-state index contributed by atoms with van der Waals surface area (Å²) in [5.41, 5.74) is 2.80. The Bertz CT molecular complexity index is 622. The first-order valence-electron chi connectivity index (χ1n) is 10.5. The Kier molecular flexibility index (Phi) is 9.07. The summed E-state index contributed by atoms with van der Waals surface area (Å²) in [5, 5.41) is 6.99. The molecule has 0 aromatic heterocycles. The number of benzene rings is 1. The number of halogens is 2. The molecule has 4 nitrogen and oxygen atoms in total. The second-order valence-electron chi connectivity index (χ2n) is 8.72. The number of amides is 1. The molecule has 3 aliphatic heterocycles. The molecular weight excluding hydrogens is 393 g/mol. The number of carbonyl (C=O) groups is 1. The van der Waals surface area contributed by atoms with Gasteiger partial charge in [-0.2, -0.15) is 0 Å². The number of likely N-dealkylation sites (tertiary alicyclic amines) is 1. The van der Waals surface area contributed by atoms with E-state index < -0.39 is 0 Å². The van der Waals surface area contributed by atoms with Crippen molar-refractivity contribution in [1.82, 2.24) is 15.5 Å². The van der Waals surface area contributed by atoms with Gasteiger partial charge in [0.15, 0.2) is 0 Å². The smallest absolute Gasteiger partial charge is 0.220 e. The van der Waals surface area contributed by atoms with Crippen LogP contribution in [0.4, 0.5) is 0 Å². The van der Waals surface area contributed by atoms with E-state index in [2.05, 4.69) is 46.7 Å². The van der Waals surface area contributed by atoms with E-state index in [0.29, 0.717) is 24.0 Å². The largest absolute Gasteiger partial charge is 0.353 e. The first-order chi connectivity index (χ1) is 12.7. The number of hydrogen-bond donors (Lipinski definition) is 2. The van der Waals surface area contributed by atoms with Gasteiger partial charge in [-0.25, -0.2) is 0 Å². The van der Waals surface area contributed by atoms with Crippen LogP contribution >= 0.6 is 24.8 Å². The number of nitrogens with zero attached hydrogens (tertiary/aromatic N) is 1. The van der Waals surface area contributed by atoms with E-state index in [1.54, 1.807) is 0 Å². The summed E-state index contributed by atoms with van der Waals surface area (Å²) >= 11 is 0. The first-order valence-corrected chi connectivity index (χ1v) is 10.5. The molecule has 1 aromatic rings. The molecule has 28 heavy (non-hydrogen) atoms. The summed E-state index contributed by atoms with van der Waals surface area (Å²) in [7, 11) is 0. The van der Waals surface area contributed by atoms with Gasteiger partial charge in [-0.1, -0.05) is 24.3 Å². The standard InChI is InChI=1S/C22H33N3O.2ClH/c1-16-4-2-3-5-18(16)15-25-10-8-19(9-11-25)24-22(26)14-17-12-20-6-7-21(13-17)23-20;;/h2-5,17,19-21,23H,6-15H2,1H3,(H,24,26);2*1H. The summed E-state index contributed by atoms with van der Waals surface area (Å²) in [5.74, 6) is 0.878. The minimum atomic E-state index is 0. The van der Waals surface area contributed by atoms with Crippen molar-refractivity contribution in [1.29, 1.82) is 0 Å². The van der Waals surface area contributed by atoms with E-state index in [0.717, 1.165) is 38.9 Å². The number of hydrogen-bond acceptors (Lipinski definition) is 3. The average Bonchev–Trinajstić information content (AvgIpc) is 2.97. The zero-order chi connectivity index (χ0) is 17.9. The van der Waals surface area contributed by atoms with Crippen LogP contribution in [-0.4, -0.2) is 42.0 Å². The van der Waals surface area contributed by atoms with Crippen LogP contribution in [0.1, 0.15) is 56.1 Å². The highest BCUT2D eigenvalue weighted by atomic mass is 35.5. The summed E-state index contributed by atoms with van der Waals surface area (Å²) in [6.07, 6.45) is 7.89. The Morgan fingerprint density at radius 2 is 1.71 bits per heavy atom. The zero-order valence-electron chi connectivity index (χ0n) is 16.9. The minimum absolute atomic E-state index is 0. The summed E-state index contributed by atoms with van der Waals surface area (Å²) in [4.78, 5) is 15.0. The normalized spacial score (nSPS) is 27.5. The van der Waals surface area contributed by atoms with Gasteiger partial charge in [0.2, 0.25) is 5.91 Å². The lowest BCUT2D eigenvalue weighted by Gasteiger charge is -2.33. The highest BCUT2D eigenvalue weighted by Crippen LogP contribution is 2.32. The molecule has 2 atom stereocenters. The fourth-order valence-corrected chi connectivity index (χ4v) is 5.15. The molecule has 0 spiro atoms. The number of aryl methyl sites for hydroxylation is 1. The Hall–Kier alpha value is -0.810. The molecule has 3 aliphatic rings. The molecule has 0 aliphatic carbocycles. The Labute approximate surface area is 182 Å². The molecule has 2 unspecified atom stereocenters. The van der Waals surface area contributed by atoms with Gasteiger partial charge >= 0.3 is 0 Å². The van der Waals surface area contributed by atoms with Gasteiger partial charge < -0.3 is 10.6 Å².